The van der Waals surface area contributed by atoms with Crippen molar-refractivity contribution in [2.45, 2.75) is 6.54 Å². The second kappa shape index (κ2) is 6.44. The number of hydrogen-bond acceptors (Lipinski definition) is 6. The quantitative estimate of drug-likeness (QED) is 0.602. The number of benzene rings is 2. The minimum atomic E-state index is 0.500. The third-order valence-electron chi connectivity index (χ3n) is 3.83. The van der Waals surface area contributed by atoms with Crippen LogP contribution in [-0.2, 0) is 6.54 Å². The number of nitrogens with zero attached hydrogens (tertiary/aromatic N) is 7. The summed E-state index contributed by atoms with van der Waals surface area (Å²) in [6, 6.07) is 15.8. The Hall–Kier alpha value is -3.68. The van der Waals surface area contributed by atoms with Crippen molar-refractivity contribution in [3.05, 3.63) is 66.2 Å². The SMILES string of the molecule is C=Cc1ccc(Cn2nnnc2-c2ccccc2-c2nn[nH]n2)cc1. The topological polar surface area (TPSA) is 98.1 Å². The minimum Gasteiger partial charge on any atom is -0.221 e. The molecule has 2 aromatic carbocycles. The van der Waals surface area contributed by atoms with Crippen molar-refractivity contribution >= 4 is 6.08 Å². The van der Waals surface area contributed by atoms with Crippen LogP contribution in [0.1, 0.15) is 11.1 Å². The highest BCUT2D eigenvalue weighted by Crippen LogP contribution is 2.27. The molecule has 2 heterocycles. The van der Waals surface area contributed by atoms with E-state index in [4.69, 9.17) is 0 Å². The molecule has 0 atom stereocenters. The summed E-state index contributed by atoms with van der Waals surface area (Å²) in [6.07, 6.45) is 1.81. The van der Waals surface area contributed by atoms with Crippen LogP contribution >= 0.6 is 0 Å². The molecule has 0 spiro atoms. The predicted molar refractivity (Wildman–Crippen MR) is 92.1 cm³/mol. The number of H-pyrrole nitrogens is 1. The van der Waals surface area contributed by atoms with Crippen LogP contribution in [0.3, 0.4) is 0 Å². The van der Waals surface area contributed by atoms with Gasteiger partial charge in [-0.05, 0) is 26.8 Å². The zero-order chi connectivity index (χ0) is 17.1. The van der Waals surface area contributed by atoms with Crippen LogP contribution < -0.4 is 0 Å². The zero-order valence-corrected chi connectivity index (χ0v) is 13.2. The number of aromatic nitrogens is 8. The Morgan fingerprint density at radius 1 is 1.00 bits per heavy atom. The lowest BCUT2D eigenvalue weighted by molar-refractivity contribution is 0.653. The fourth-order valence-electron chi connectivity index (χ4n) is 2.59. The third-order valence-corrected chi connectivity index (χ3v) is 3.83. The van der Waals surface area contributed by atoms with E-state index in [9.17, 15) is 0 Å². The molecule has 8 nitrogen and oxygen atoms in total. The Balaban J connectivity index is 1.72. The summed E-state index contributed by atoms with van der Waals surface area (Å²) in [5, 5.41) is 26.3. The van der Waals surface area contributed by atoms with Gasteiger partial charge in [0, 0.05) is 11.1 Å². The smallest absolute Gasteiger partial charge is 0.205 e. The molecule has 2 aromatic heterocycles. The van der Waals surface area contributed by atoms with Gasteiger partial charge in [-0.25, -0.2) is 4.68 Å². The number of hydrogen-bond donors (Lipinski definition) is 1. The monoisotopic (exact) mass is 330 g/mol. The molecular weight excluding hydrogens is 316 g/mol. The first kappa shape index (κ1) is 14.9. The van der Waals surface area contributed by atoms with Gasteiger partial charge in [-0.1, -0.05) is 61.2 Å². The molecule has 0 aliphatic heterocycles. The average molecular weight is 330 g/mol. The lowest BCUT2D eigenvalue weighted by atomic mass is 10.1. The van der Waals surface area contributed by atoms with Crippen molar-refractivity contribution in [2.24, 2.45) is 0 Å². The van der Waals surface area contributed by atoms with E-state index in [0.717, 1.165) is 22.3 Å². The van der Waals surface area contributed by atoms with Gasteiger partial charge in [0.25, 0.3) is 0 Å². The highest BCUT2D eigenvalue weighted by molar-refractivity contribution is 5.76. The molecule has 0 amide bonds. The molecule has 0 unspecified atom stereocenters. The molecule has 122 valence electrons. The standard InChI is InChI=1S/C17H14N8/c1-2-12-7-9-13(10-8-12)11-25-17(20-23-24-25)15-6-4-3-5-14(15)16-18-21-22-19-16/h2-10H,1,11H2,(H,18,19,21,22). The first-order chi connectivity index (χ1) is 12.3. The van der Waals surface area contributed by atoms with Crippen molar-refractivity contribution in [3.8, 4) is 22.8 Å². The van der Waals surface area contributed by atoms with Crippen molar-refractivity contribution in [1.82, 2.24) is 40.8 Å². The molecule has 0 radical (unpaired) electrons. The van der Waals surface area contributed by atoms with Crippen LogP contribution in [0.2, 0.25) is 0 Å². The summed E-state index contributed by atoms with van der Waals surface area (Å²) >= 11 is 0. The Morgan fingerprint density at radius 3 is 2.52 bits per heavy atom. The van der Waals surface area contributed by atoms with Crippen LogP contribution in [0, 0.1) is 0 Å². The van der Waals surface area contributed by atoms with Gasteiger partial charge >= 0.3 is 0 Å². The van der Waals surface area contributed by atoms with Crippen molar-refractivity contribution in [1.29, 1.82) is 0 Å². The van der Waals surface area contributed by atoms with E-state index < -0.39 is 0 Å². The van der Waals surface area contributed by atoms with E-state index in [0.29, 0.717) is 18.2 Å². The lowest BCUT2D eigenvalue weighted by Gasteiger charge is -2.08. The van der Waals surface area contributed by atoms with Gasteiger partial charge in [0.15, 0.2) is 5.82 Å². The summed E-state index contributed by atoms with van der Waals surface area (Å²) in [7, 11) is 0. The molecule has 0 aliphatic rings. The second-order valence-electron chi connectivity index (χ2n) is 5.39. The second-order valence-corrected chi connectivity index (χ2v) is 5.39. The van der Waals surface area contributed by atoms with E-state index >= 15 is 0 Å². The van der Waals surface area contributed by atoms with Gasteiger partial charge in [-0.15, -0.1) is 15.3 Å². The first-order valence-electron chi connectivity index (χ1n) is 7.66. The van der Waals surface area contributed by atoms with Gasteiger partial charge in [0.05, 0.1) is 6.54 Å². The van der Waals surface area contributed by atoms with E-state index in [1.165, 1.54) is 0 Å². The van der Waals surface area contributed by atoms with Gasteiger partial charge in [0.2, 0.25) is 5.82 Å². The molecular formula is C17H14N8. The molecule has 0 bridgehead atoms. The third kappa shape index (κ3) is 2.92. The van der Waals surface area contributed by atoms with Gasteiger partial charge in [-0.2, -0.15) is 5.21 Å². The summed E-state index contributed by atoms with van der Waals surface area (Å²) in [5.41, 5.74) is 3.82. The summed E-state index contributed by atoms with van der Waals surface area (Å²) in [6.45, 7) is 4.32. The number of aromatic amines is 1. The normalized spacial score (nSPS) is 10.7. The van der Waals surface area contributed by atoms with Crippen LogP contribution in [0.5, 0.6) is 0 Å². The molecule has 25 heavy (non-hydrogen) atoms. The zero-order valence-electron chi connectivity index (χ0n) is 13.2. The van der Waals surface area contributed by atoms with Crippen LogP contribution in [0.4, 0.5) is 0 Å². The summed E-state index contributed by atoms with van der Waals surface area (Å²) in [5.74, 6) is 1.15. The van der Waals surface area contributed by atoms with Crippen molar-refractivity contribution in [3.63, 3.8) is 0 Å². The Morgan fingerprint density at radius 2 is 1.80 bits per heavy atom. The van der Waals surface area contributed by atoms with E-state index in [2.05, 4.69) is 42.7 Å². The molecule has 4 rings (SSSR count). The fourth-order valence-corrected chi connectivity index (χ4v) is 2.59. The first-order valence-corrected chi connectivity index (χ1v) is 7.66. The average Bonchev–Trinajstić information content (AvgIpc) is 3.34. The number of rotatable bonds is 5. The number of tetrazole rings is 2. The molecule has 0 saturated carbocycles. The van der Waals surface area contributed by atoms with Crippen molar-refractivity contribution < 1.29 is 0 Å². The molecule has 1 N–H and O–H groups in total. The highest BCUT2D eigenvalue weighted by atomic mass is 15.5. The largest absolute Gasteiger partial charge is 0.221 e. The Bertz CT molecular complexity index is 986. The van der Waals surface area contributed by atoms with Gasteiger partial charge < -0.3 is 0 Å². The molecule has 0 aliphatic carbocycles. The molecule has 8 heteroatoms. The van der Waals surface area contributed by atoms with E-state index in [1.54, 1.807) is 4.68 Å². The van der Waals surface area contributed by atoms with Crippen LogP contribution in [-0.4, -0.2) is 40.8 Å². The van der Waals surface area contributed by atoms with Crippen LogP contribution in [0.25, 0.3) is 28.9 Å². The Labute approximate surface area is 143 Å². The maximum Gasteiger partial charge on any atom is 0.205 e. The summed E-state index contributed by atoms with van der Waals surface area (Å²) < 4.78 is 1.75. The molecule has 4 aromatic rings. The number of nitrogens with one attached hydrogen (secondary N) is 1. The van der Waals surface area contributed by atoms with E-state index in [1.807, 2.05) is 54.6 Å². The van der Waals surface area contributed by atoms with Crippen LogP contribution in [0.15, 0.2) is 55.1 Å². The van der Waals surface area contributed by atoms with Gasteiger partial charge in [0.1, 0.15) is 0 Å². The van der Waals surface area contributed by atoms with E-state index in [-0.39, 0.29) is 0 Å². The minimum absolute atomic E-state index is 0.500. The molecule has 0 fully saturated rings. The van der Waals surface area contributed by atoms with Gasteiger partial charge in [-0.3, -0.25) is 0 Å². The molecule has 0 saturated heterocycles. The maximum atomic E-state index is 4.19. The Kier molecular flexibility index (Phi) is 3.83. The van der Waals surface area contributed by atoms with Crippen molar-refractivity contribution in [2.75, 3.05) is 0 Å². The fraction of sp³-hybridized carbons (Fsp3) is 0.0588. The summed E-state index contributed by atoms with van der Waals surface area (Å²) in [4.78, 5) is 0. The predicted octanol–water partition coefficient (Wildman–Crippen LogP) is 2.21. The lowest BCUT2D eigenvalue weighted by Crippen LogP contribution is -2.05. The highest BCUT2D eigenvalue weighted by Gasteiger charge is 2.16. The maximum absolute atomic E-state index is 4.19.